The van der Waals surface area contributed by atoms with E-state index >= 15 is 0 Å². The van der Waals surface area contributed by atoms with Gasteiger partial charge in [0.25, 0.3) is 0 Å². The van der Waals surface area contributed by atoms with Gasteiger partial charge >= 0.3 is 0 Å². The Balaban J connectivity index is 1.92. The minimum absolute atomic E-state index is 0.0826. The number of hydrogen-bond acceptors (Lipinski definition) is 4. The van der Waals surface area contributed by atoms with Gasteiger partial charge in [-0.1, -0.05) is 36.4 Å². The molecule has 7 heteroatoms. The summed E-state index contributed by atoms with van der Waals surface area (Å²) >= 11 is 0. The summed E-state index contributed by atoms with van der Waals surface area (Å²) in [5.41, 5.74) is 2.51. The molecule has 0 aromatic heterocycles. The van der Waals surface area contributed by atoms with Crippen LogP contribution in [-0.2, 0) is 33.5 Å². The van der Waals surface area contributed by atoms with E-state index in [0.717, 1.165) is 16.9 Å². The second kappa shape index (κ2) is 10.2. The number of aryl methyl sites for hydroxylation is 1. The van der Waals surface area contributed by atoms with Crippen LogP contribution in [0.4, 0.5) is 0 Å². The summed E-state index contributed by atoms with van der Waals surface area (Å²) in [5, 5.41) is 2.88. The summed E-state index contributed by atoms with van der Waals surface area (Å²) in [6, 6.07) is 14.7. The number of carbonyl (C=O) groups is 1. The molecule has 0 aliphatic carbocycles. The second-order valence-electron chi connectivity index (χ2n) is 6.93. The third-order valence-corrected chi connectivity index (χ3v) is 5.65. The minimum atomic E-state index is -3.42. The van der Waals surface area contributed by atoms with Gasteiger partial charge in [-0.15, -0.1) is 0 Å². The molecule has 28 heavy (non-hydrogen) atoms. The molecule has 0 saturated carbocycles. The molecule has 0 fully saturated rings. The van der Waals surface area contributed by atoms with Crippen LogP contribution in [0, 0.1) is 0 Å². The SMILES string of the molecule is COc1cccc(CCC(=O)NCc2ccccc2CS(=O)(=O)NC(C)C)c1. The number of rotatable bonds is 10. The smallest absolute Gasteiger partial charge is 0.220 e. The summed E-state index contributed by atoms with van der Waals surface area (Å²) < 4.78 is 32.2. The number of methoxy groups -OCH3 is 1. The highest BCUT2D eigenvalue weighted by Crippen LogP contribution is 2.15. The van der Waals surface area contributed by atoms with Gasteiger partial charge in [0.05, 0.1) is 12.9 Å². The van der Waals surface area contributed by atoms with Crippen LogP contribution in [0.2, 0.25) is 0 Å². The maximum atomic E-state index is 12.2. The van der Waals surface area contributed by atoms with Crippen LogP contribution in [0.3, 0.4) is 0 Å². The van der Waals surface area contributed by atoms with Crippen molar-refractivity contribution in [3.05, 3.63) is 65.2 Å². The maximum Gasteiger partial charge on any atom is 0.220 e. The van der Waals surface area contributed by atoms with E-state index in [4.69, 9.17) is 4.74 Å². The van der Waals surface area contributed by atoms with Gasteiger partial charge in [-0.3, -0.25) is 4.79 Å². The molecular weight excluding hydrogens is 376 g/mol. The normalized spacial score (nSPS) is 11.4. The average molecular weight is 405 g/mol. The van der Waals surface area contributed by atoms with Crippen LogP contribution in [0.25, 0.3) is 0 Å². The van der Waals surface area contributed by atoms with Crippen molar-refractivity contribution in [2.24, 2.45) is 0 Å². The quantitative estimate of drug-likeness (QED) is 0.638. The number of amides is 1. The van der Waals surface area contributed by atoms with E-state index in [1.54, 1.807) is 33.1 Å². The number of nitrogens with one attached hydrogen (secondary N) is 2. The molecule has 6 nitrogen and oxygen atoms in total. The first-order valence-electron chi connectivity index (χ1n) is 9.25. The predicted octanol–water partition coefficient (Wildman–Crippen LogP) is 2.77. The zero-order chi connectivity index (χ0) is 20.6. The molecule has 2 aromatic carbocycles. The topological polar surface area (TPSA) is 84.5 Å². The summed E-state index contributed by atoms with van der Waals surface area (Å²) in [7, 11) is -1.81. The van der Waals surface area contributed by atoms with Crippen LogP contribution in [0.15, 0.2) is 48.5 Å². The lowest BCUT2D eigenvalue weighted by molar-refractivity contribution is -0.121. The van der Waals surface area contributed by atoms with E-state index in [-0.39, 0.29) is 17.7 Å². The zero-order valence-electron chi connectivity index (χ0n) is 16.6. The van der Waals surface area contributed by atoms with Crippen LogP contribution in [0.1, 0.15) is 37.0 Å². The van der Waals surface area contributed by atoms with Crippen molar-refractivity contribution < 1.29 is 17.9 Å². The van der Waals surface area contributed by atoms with Crippen molar-refractivity contribution in [3.63, 3.8) is 0 Å². The Bertz CT molecular complexity index is 895. The first-order valence-corrected chi connectivity index (χ1v) is 10.9. The van der Waals surface area contributed by atoms with E-state index in [2.05, 4.69) is 10.0 Å². The molecule has 0 saturated heterocycles. The molecule has 0 atom stereocenters. The van der Waals surface area contributed by atoms with Gasteiger partial charge in [0.15, 0.2) is 0 Å². The number of benzene rings is 2. The highest BCUT2D eigenvalue weighted by Gasteiger charge is 2.15. The van der Waals surface area contributed by atoms with Crippen molar-refractivity contribution >= 4 is 15.9 Å². The molecule has 0 heterocycles. The zero-order valence-corrected chi connectivity index (χ0v) is 17.4. The largest absolute Gasteiger partial charge is 0.497 e. The summed E-state index contributed by atoms with van der Waals surface area (Å²) in [4.78, 5) is 12.2. The third kappa shape index (κ3) is 7.32. The number of hydrogen-bond donors (Lipinski definition) is 2. The lowest BCUT2D eigenvalue weighted by Crippen LogP contribution is -2.32. The van der Waals surface area contributed by atoms with Crippen molar-refractivity contribution in [2.75, 3.05) is 7.11 Å². The van der Waals surface area contributed by atoms with Crippen molar-refractivity contribution in [1.82, 2.24) is 10.0 Å². The molecular formula is C21H28N2O4S. The molecule has 0 aliphatic rings. The lowest BCUT2D eigenvalue weighted by atomic mass is 10.1. The van der Waals surface area contributed by atoms with E-state index in [1.807, 2.05) is 36.4 Å². The maximum absolute atomic E-state index is 12.2. The molecule has 0 aliphatic heterocycles. The standard InChI is InChI=1S/C21H28N2O4S/c1-16(2)23-28(25,26)15-19-9-5-4-8-18(19)14-22-21(24)12-11-17-7-6-10-20(13-17)27-3/h4-10,13,16,23H,11-12,14-15H2,1-3H3,(H,22,24). The molecule has 0 bridgehead atoms. The van der Waals surface area contributed by atoms with Gasteiger partial charge in [0.1, 0.15) is 5.75 Å². The Morgan fingerprint density at radius 3 is 2.46 bits per heavy atom. The van der Waals surface area contributed by atoms with Crippen LogP contribution in [0.5, 0.6) is 5.75 Å². The molecule has 0 unspecified atom stereocenters. The Morgan fingerprint density at radius 2 is 1.79 bits per heavy atom. The van der Waals surface area contributed by atoms with Crippen LogP contribution >= 0.6 is 0 Å². The monoisotopic (exact) mass is 404 g/mol. The minimum Gasteiger partial charge on any atom is -0.497 e. The van der Waals surface area contributed by atoms with Gasteiger partial charge in [0.2, 0.25) is 15.9 Å². The first kappa shape index (κ1) is 21.9. The predicted molar refractivity (Wildman–Crippen MR) is 110 cm³/mol. The van der Waals surface area contributed by atoms with Crippen LogP contribution < -0.4 is 14.8 Å². The van der Waals surface area contributed by atoms with Gasteiger partial charge in [-0.2, -0.15) is 0 Å². The Hall–Kier alpha value is -2.38. The number of sulfonamides is 1. The second-order valence-corrected chi connectivity index (χ2v) is 8.68. The first-order chi connectivity index (χ1) is 13.3. The fourth-order valence-corrected chi connectivity index (χ4v) is 4.34. The van der Waals surface area contributed by atoms with E-state index in [0.29, 0.717) is 24.9 Å². The fourth-order valence-electron chi connectivity index (χ4n) is 2.84. The van der Waals surface area contributed by atoms with Crippen LogP contribution in [-0.4, -0.2) is 27.5 Å². The lowest BCUT2D eigenvalue weighted by Gasteiger charge is -2.13. The third-order valence-electron chi connectivity index (χ3n) is 4.13. The number of carbonyl (C=O) groups excluding carboxylic acids is 1. The summed E-state index contributed by atoms with van der Waals surface area (Å²) in [5.74, 6) is 0.574. The van der Waals surface area contributed by atoms with Gasteiger partial charge in [-0.05, 0) is 49.1 Å². The Labute approximate surface area is 167 Å². The Kier molecular flexibility index (Phi) is 8.02. The highest BCUT2D eigenvalue weighted by atomic mass is 32.2. The molecule has 2 aromatic rings. The molecule has 1 amide bonds. The molecule has 152 valence electrons. The van der Waals surface area contributed by atoms with E-state index < -0.39 is 10.0 Å². The van der Waals surface area contributed by atoms with E-state index in [9.17, 15) is 13.2 Å². The average Bonchev–Trinajstić information content (AvgIpc) is 2.64. The summed E-state index contributed by atoms with van der Waals surface area (Å²) in [6.45, 7) is 3.86. The van der Waals surface area contributed by atoms with E-state index in [1.165, 1.54) is 0 Å². The summed E-state index contributed by atoms with van der Waals surface area (Å²) in [6.07, 6.45) is 0.958. The molecule has 2 rings (SSSR count). The van der Waals surface area contributed by atoms with Gasteiger partial charge < -0.3 is 10.1 Å². The number of ether oxygens (including phenoxy) is 1. The van der Waals surface area contributed by atoms with Gasteiger partial charge in [0, 0.05) is 19.0 Å². The van der Waals surface area contributed by atoms with Crippen molar-refractivity contribution in [1.29, 1.82) is 0 Å². The van der Waals surface area contributed by atoms with Gasteiger partial charge in [-0.25, -0.2) is 13.1 Å². The fraction of sp³-hybridized carbons (Fsp3) is 0.381. The van der Waals surface area contributed by atoms with Crippen molar-refractivity contribution in [2.45, 2.75) is 45.0 Å². The molecule has 0 spiro atoms. The Morgan fingerprint density at radius 1 is 1.07 bits per heavy atom. The van der Waals surface area contributed by atoms with Crippen molar-refractivity contribution in [3.8, 4) is 5.75 Å². The molecule has 2 N–H and O–H groups in total. The molecule has 0 radical (unpaired) electrons. The highest BCUT2D eigenvalue weighted by molar-refractivity contribution is 7.88.